The number of anilines is 2. The fourth-order valence-corrected chi connectivity index (χ4v) is 4.24. The van der Waals surface area contributed by atoms with Crippen molar-refractivity contribution in [2.75, 3.05) is 30.4 Å². The van der Waals surface area contributed by atoms with Gasteiger partial charge in [0.05, 0.1) is 23.1 Å². The topological polar surface area (TPSA) is 162 Å². The Hall–Kier alpha value is -4.06. The number of aliphatic imine (C=N–C) groups is 1. The smallest absolute Gasteiger partial charge is 0.349 e. The molecule has 1 atom stereocenters. The second kappa shape index (κ2) is 10.3. The van der Waals surface area contributed by atoms with Crippen LogP contribution in [0.2, 0.25) is 0 Å². The van der Waals surface area contributed by atoms with Gasteiger partial charge in [-0.3, -0.25) is 4.79 Å². The molecular formula is C24H29FN8O3. The van der Waals surface area contributed by atoms with E-state index in [1.54, 1.807) is 13.1 Å². The lowest BCUT2D eigenvalue weighted by molar-refractivity contribution is -0.129. The lowest BCUT2D eigenvalue weighted by Crippen LogP contribution is -2.28. The van der Waals surface area contributed by atoms with Crippen LogP contribution in [-0.4, -0.2) is 63.8 Å². The number of nitrogens with two attached hydrogens (primary N) is 1. The summed E-state index contributed by atoms with van der Waals surface area (Å²) in [5.74, 6) is -1.19. The summed E-state index contributed by atoms with van der Waals surface area (Å²) in [6, 6.07) is 2.84. The molecule has 11 nitrogen and oxygen atoms in total. The van der Waals surface area contributed by atoms with Crippen molar-refractivity contribution in [3.63, 3.8) is 0 Å². The van der Waals surface area contributed by atoms with Gasteiger partial charge >= 0.3 is 5.97 Å². The molecule has 6 N–H and O–H groups in total. The van der Waals surface area contributed by atoms with Crippen LogP contribution in [0.4, 0.5) is 15.9 Å². The first-order chi connectivity index (χ1) is 17.2. The molecule has 1 unspecified atom stereocenters. The lowest BCUT2D eigenvalue weighted by atomic mass is 10.1. The van der Waals surface area contributed by atoms with Gasteiger partial charge in [-0.2, -0.15) is 0 Å². The second-order valence-electron chi connectivity index (χ2n) is 8.62. The number of hydrogen-bond donors (Lipinski definition) is 5. The van der Waals surface area contributed by atoms with E-state index >= 15 is 0 Å². The monoisotopic (exact) mass is 496 g/mol. The van der Waals surface area contributed by atoms with Gasteiger partial charge in [-0.25, -0.2) is 24.1 Å². The molecule has 2 aromatic heterocycles. The van der Waals surface area contributed by atoms with E-state index in [4.69, 9.17) is 15.8 Å². The van der Waals surface area contributed by atoms with E-state index in [2.05, 4.69) is 25.6 Å². The Kier molecular flexibility index (Phi) is 7.15. The number of rotatable bonds is 8. The van der Waals surface area contributed by atoms with Crippen LogP contribution in [0.25, 0.3) is 21.9 Å². The van der Waals surface area contributed by atoms with Gasteiger partial charge in [-0.1, -0.05) is 13.0 Å². The molecule has 12 heteroatoms. The minimum atomic E-state index is -1.21. The molecule has 0 bridgehead atoms. The number of nitrogens with zero attached hydrogens (tertiary/aromatic N) is 4. The molecule has 36 heavy (non-hydrogen) atoms. The highest BCUT2D eigenvalue weighted by atomic mass is 19.1. The SMILES string of the molecule is CC/C=C(\N=C(C)C(=O)O)C(=O)NCc1nc(N2CCC(N)C2)c2c(n1)[nH]c1c(NC)cc(F)cc12. The fourth-order valence-electron chi connectivity index (χ4n) is 4.24. The average molecular weight is 497 g/mol. The van der Waals surface area contributed by atoms with Crippen LogP contribution in [0.15, 0.2) is 28.9 Å². The van der Waals surface area contributed by atoms with E-state index in [1.807, 2.05) is 11.8 Å². The van der Waals surface area contributed by atoms with E-state index in [1.165, 1.54) is 19.1 Å². The van der Waals surface area contributed by atoms with Gasteiger partial charge < -0.3 is 31.4 Å². The maximum Gasteiger partial charge on any atom is 0.349 e. The number of H-pyrrole nitrogens is 1. The molecule has 0 saturated carbocycles. The summed E-state index contributed by atoms with van der Waals surface area (Å²) in [7, 11) is 1.71. The van der Waals surface area contributed by atoms with Crippen LogP contribution >= 0.6 is 0 Å². The van der Waals surface area contributed by atoms with Crippen LogP contribution in [-0.2, 0) is 16.1 Å². The Morgan fingerprint density at radius 2 is 2.17 bits per heavy atom. The van der Waals surface area contributed by atoms with Gasteiger partial charge in [0.2, 0.25) is 0 Å². The van der Waals surface area contributed by atoms with Crippen molar-refractivity contribution in [1.29, 1.82) is 0 Å². The maximum atomic E-state index is 14.4. The number of aliphatic carboxylic acids is 1. The molecule has 1 aromatic carbocycles. The minimum Gasteiger partial charge on any atom is -0.477 e. The van der Waals surface area contributed by atoms with Gasteiger partial charge in [0, 0.05) is 31.6 Å². The molecule has 190 valence electrons. The van der Waals surface area contributed by atoms with Crippen LogP contribution in [0.1, 0.15) is 32.5 Å². The zero-order valence-corrected chi connectivity index (χ0v) is 20.4. The number of halogens is 1. The number of carbonyl (C=O) groups excluding carboxylic acids is 1. The van der Waals surface area contributed by atoms with Gasteiger partial charge in [-0.05, 0) is 31.9 Å². The summed E-state index contributed by atoms with van der Waals surface area (Å²) in [6.45, 7) is 4.40. The highest BCUT2D eigenvalue weighted by Gasteiger charge is 2.26. The summed E-state index contributed by atoms with van der Waals surface area (Å²) < 4.78 is 14.4. The quantitative estimate of drug-likeness (QED) is 0.234. The Morgan fingerprint density at radius 1 is 1.39 bits per heavy atom. The van der Waals surface area contributed by atoms with Gasteiger partial charge in [0.15, 0.2) is 5.82 Å². The summed E-state index contributed by atoms with van der Waals surface area (Å²) in [5.41, 5.74) is 7.74. The van der Waals surface area contributed by atoms with Crippen molar-refractivity contribution in [3.8, 4) is 0 Å². The van der Waals surface area contributed by atoms with Crippen LogP contribution in [0, 0.1) is 5.82 Å². The molecule has 1 aliphatic heterocycles. The van der Waals surface area contributed by atoms with Crippen LogP contribution in [0.3, 0.4) is 0 Å². The van der Waals surface area contributed by atoms with Crippen molar-refractivity contribution in [1.82, 2.24) is 20.3 Å². The predicted octanol–water partition coefficient (Wildman–Crippen LogP) is 2.28. The molecule has 0 radical (unpaired) electrons. The normalized spacial score (nSPS) is 16.7. The third-order valence-corrected chi connectivity index (χ3v) is 5.98. The number of allylic oxidation sites excluding steroid dienone is 1. The van der Waals surface area contributed by atoms with Gasteiger partial charge in [0.25, 0.3) is 5.91 Å². The largest absolute Gasteiger partial charge is 0.477 e. The molecule has 0 aliphatic carbocycles. The van der Waals surface area contributed by atoms with E-state index in [9.17, 15) is 14.0 Å². The highest BCUT2D eigenvalue weighted by Crippen LogP contribution is 2.36. The molecule has 1 amide bonds. The first kappa shape index (κ1) is 25.0. The molecule has 3 aromatic rings. The maximum absolute atomic E-state index is 14.4. The third kappa shape index (κ3) is 4.98. The summed E-state index contributed by atoms with van der Waals surface area (Å²) >= 11 is 0. The number of amides is 1. The van der Waals surface area contributed by atoms with E-state index in [0.717, 1.165) is 6.42 Å². The van der Waals surface area contributed by atoms with Gasteiger partial charge in [0.1, 0.15) is 28.7 Å². The molecule has 4 rings (SSSR count). The van der Waals surface area contributed by atoms with Crippen LogP contribution in [0.5, 0.6) is 0 Å². The lowest BCUT2D eigenvalue weighted by Gasteiger charge is -2.19. The number of aromatic nitrogens is 3. The summed E-state index contributed by atoms with van der Waals surface area (Å²) in [4.78, 5) is 42.4. The highest BCUT2D eigenvalue weighted by molar-refractivity contribution is 6.35. The number of hydrogen-bond acceptors (Lipinski definition) is 8. The third-order valence-electron chi connectivity index (χ3n) is 5.98. The van der Waals surface area contributed by atoms with Crippen molar-refractivity contribution in [2.24, 2.45) is 10.7 Å². The Morgan fingerprint density at radius 3 is 2.81 bits per heavy atom. The Labute approximate surface area is 206 Å². The van der Waals surface area contributed by atoms with Gasteiger partial charge in [-0.15, -0.1) is 0 Å². The number of aromatic amines is 1. The Bertz CT molecular complexity index is 1400. The zero-order chi connectivity index (χ0) is 26.0. The summed E-state index contributed by atoms with van der Waals surface area (Å²) in [5, 5.41) is 16.1. The number of nitrogens with one attached hydrogen (secondary N) is 3. The molecule has 1 fully saturated rings. The standard InChI is InChI=1S/C24H29FN8O3/c1-4-5-16(29-12(2)24(35)36)23(34)28-10-18-30-21-19(22(31-18)33-7-6-14(26)11-33)15-8-13(25)9-17(27-3)20(15)32-21/h5,8-9,14,27H,4,6-7,10-11,26H2,1-3H3,(H,28,34)(H,35,36)(H,30,31,32)/b16-5-,29-12?. The van der Waals surface area contributed by atoms with Crippen LogP contribution < -0.4 is 21.3 Å². The first-order valence-electron chi connectivity index (χ1n) is 11.7. The first-order valence-corrected chi connectivity index (χ1v) is 11.7. The van der Waals surface area contributed by atoms with Crippen molar-refractivity contribution >= 4 is 51.0 Å². The molecular weight excluding hydrogens is 467 g/mol. The molecule has 1 aliphatic rings. The summed E-state index contributed by atoms with van der Waals surface area (Å²) in [6.07, 6.45) is 2.84. The van der Waals surface area contributed by atoms with E-state index in [0.29, 0.717) is 58.8 Å². The predicted molar refractivity (Wildman–Crippen MR) is 137 cm³/mol. The second-order valence-corrected chi connectivity index (χ2v) is 8.62. The number of carbonyl (C=O) groups is 2. The Balaban J connectivity index is 1.74. The number of carboxylic acids is 1. The van der Waals surface area contributed by atoms with Crippen molar-refractivity contribution in [3.05, 3.63) is 35.5 Å². The average Bonchev–Trinajstić information content (AvgIpc) is 3.44. The van der Waals surface area contributed by atoms with Crippen molar-refractivity contribution in [2.45, 2.75) is 39.3 Å². The fraction of sp³-hybridized carbons (Fsp3) is 0.375. The molecule has 0 spiro atoms. The number of fused-ring (bicyclic) bond motifs is 3. The number of carboxylic acid groups (broad SMARTS) is 1. The minimum absolute atomic E-state index is 0.00367. The number of benzene rings is 1. The zero-order valence-electron chi connectivity index (χ0n) is 20.4. The van der Waals surface area contributed by atoms with Crippen molar-refractivity contribution < 1.29 is 19.1 Å². The van der Waals surface area contributed by atoms with E-state index < -0.39 is 11.9 Å². The molecule has 1 saturated heterocycles. The molecule has 3 heterocycles. The van der Waals surface area contributed by atoms with E-state index in [-0.39, 0.29) is 29.8 Å².